The molecule has 8 heteroatoms. The van der Waals surface area contributed by atoms with Crippen molar-refractivity contribution in [3.05, 3.63) is 94.0 Å². The number of likely N-dealkylation sites (tertiary alicyclic amines) is 1. The first-order valence-electron chi connectivity index (χ1n) is 11.0. The molecule has 0 bridgehead atoms. The van der Waals surface area contributed by atoms with Crippen molar-refractivity contribution in [1.29, 1.82) is 0 Å². The molecule has 0 aliphatic carbocycles. The smallest absolute Gasteiger partial charge is 0.295 e. The molecule has 5 rings (SSSR count). The summed E-state index contributed by atoms with van der Waals surface area (Å²) in [7, 11) is 1.55. The Labute approximate surface area is 207 Å². The number of amides is 1. The first kappa shape index (κ1) is 22.8. The van der Waals surface area contributed by atoms with E-state index in [2.05, 4.69) is 0 Å². The Kier molecular flexibility index (Phi) is 6.09. The molecule has 178 valence electrons. The van der Waals surface area contributed by atoms with Crippen molar-refractivity contribution in [2.75, 3.05) is 20.3 Å². The lowest BCUT2D eigenvalue weighted by molar-refractivity contribution is -0.140. The molecule has 1 fully saturated rings. The molecular formula is C27H22ClNO6. The number of methoxy groups -OCH3 is 1. The van der Waals surface area contributed by atoms with E-state index in [1.165, 1.54) is 4.90 Å². The Morgan fingerprint density at radius 3 is 2.49 bits per heavy atom. The number of carbonyl (C=O) groups is 2. The first-order valence-corrected chi connectivity index (χ1v) is 11.4. The number of rotatable bonds is 5. The van der Waals surface area contributed by atoms with Crippen molar-refractivity contribution >= 4 is 29.1 Å². The predicted octanol–water partition coefficient (Wildman–Crippen LogP) is 4.74. The monoisotopic (exact) mass is 491 g/mol. The van der Waals surface area contributed by atoms with Gasteiger partial charge >= 0.3 is 0 Å². The van der Waals surface area contributed by atoms with Crippen LogP contribution < -0.4 is 14.2 Å². The summed E-state index contributed by atoms with van der Waals surface area (Å²) in [5.41, 5.74) is 1.71. The van der Waals surface area contributed by atoms with Crippen LogP contribution in [0.4, 0.5) is 0 Å². The van der Waals surface area contributed by atoms with Crippen LogP contribution in [0.1, 0.15) is 22.7 Å². The van der Waals surface area contributed by atoms with E-state index in [9.17, 15) is 14.7 Å². The molecule has 3 aromatic carbocycles. The number of aliphatic hydroxyl groups excluding tert-OH is 1. The van der Waals surface area contributed by atoms with E-state index in [1.54, 1.807) is 55.6 Å². The zero-order valence-corrected chi connectivity index (χ0v) is 19.6. The molecular weight excluding hydrogens is 470 g/mol. The summed E-state index contributed by atoms with van der Waals surface area (Å²) in [6.07, 6.45) is 0. The summed E-state index contributed by atoms with van der Waals surface area (Å²) in [4.78, 5) is 28.0. The van der Waals surface area contributed by atoms with Crippen LogP contribution in [-0.4, -0.2) is 42.0 Å². The van der Waals surface area contributed by atoms with Crippen LogP contribution >= 0.6 is 11.6 Å². The molecule has 3 aromatic rings. The molecule has 2 aliphatic heterocycles. The van der Waals surface area contributed by atoms with Crippen molar-refractivity contribution < 1.29 is 28.9 Å². The molecule has 1 N–H and O–H groups in total. The molecule has 0 aromatic heterocycles. The van der Waals surface area contributed by atoms with Gasteiger partial charge in [0.1, 0.15) is 24.7 Å². The minimum atomic E-state index is -0.828. The van der Waals surface area contributed by atoms with E-state index in [0.717, 1.165) is 5.56 Å². The van der Waals surface area contributed by atoms with Gasteiger partial charge in [0.25, 0.3) is 11.7 Å². The quantitative estimate of drug-likeness (QED) is 0.315. The average molecular weight is 492 g/mol. The number of hydrogen-bond donors (Lipinski definition) is 1. The number of halogens is 1. The van der Waals surface area contributed by atoms with Gasteiger partial charge in [-0.25, -0.2) is 0 Å². The number of ether oxygens (including phenoxy) is 3. The number of para-hydroxylation sites is 1. The third-order valence-corrected chi connectivity index (χ3v) is 6.33. The normalized spacial score (nSPS) is 18.6. The Bertz CT molecular complexity index is 1330. The fourth-order valence-electron chi connectivity index (χ4n) is 4.40. The Morgan fingerprint density at radius 1 is 1.03 bits per heavy atom. The second-order valence-electron chi connectivity index (χ2n) is 8.15. The molecule has 0 spiro atoms. The van der Waals surface area contributed by atoms with Crippen molar-refractivity contribution in [1.82, 2.24) is 4.90 Å². The van der Waals surface area contributed by atoms with E-state index in [0.29, 0.717) is 46.6 Å². The Morgan fingerprint density at radius 2 is 1.74 bits per heavy atom. The molecule has 2 heterocycles. The second kappa shape index (κ2) is 9.35. The number of fused-ring (bicyclic) bond motifs is 1. The summed E-state index contributed by atoms with van der Waals surface area (Å²) in [6, 6.07) is 18.2. The minimum Gasteiger partial charge on any atom is -0.507 e. The zero-order chi connectivity index (χ0) is 24.5. The first-order chi connectivity index (χ1) is 17.0. The molecule has 35 heavy (non-hydrogen) atoms. The van der Waals surface area contributed by atoms with E-state index < -0.39 is 17.7 Å². The van der Waals surface area contributed by atoms with Gasteiger partial charge in [-0.1, -0.05) is 41.9 Å². The highest BCUT2D eigenvalue weighted by molar-refractivity contribution is 6.46. The molecule has 1 unspecified atom stereocenters. The fraction of sp³-hybridized carbons (Fsp3) is 0.185. The highest BCUT2D eigenvalue weighted by atomic mass is 35.5. The number of aliphatic hydroxyl groups is 1. The largest absolute Gasteiger partial charge is 0.507 e. The fourth-order valence-corrected chi connectivity index (χ4v) is 4.52. The van der Waals surface area contributed by atoms with Gasteiger partial charge in [0.15, 0.2) is 11.5 Å². The molecule has 7 nitrogen and oxygen atoms in total. The molecule has 0 radical (unpaired) electrons. The number of Topliss-reactive ketones (excluding diaryl/α,β-unsaturated/α-hetero) is 1. The lowest BCUT2D eigenvalue weighted by Gasteiger charge is -2.26. The maximum absolute atomic E-state index is 13.3. The van der Waals surface area contributed by atoms with E-state index >= 15 is 0 Å². The van der Waals surface area contributed by atoms with Crippen molar-refractivity contribution in [3.63, 3.8) is 0 Å². The van der Waals surface area contributed by atoms with Gasteiger partial charge < -0.3 is 24.2 Å². The summed E-state index contributed by atoms with van der Waals surface area (Å²) >= 11 is 6.09. The average Bonchev–Trinajstić information content (AvgIpc) is 3.13. The predicted molar refractivity (Wildman–Crippen MR) is 130 cm³/mol. The summed E-state index contributed by atoms with van der Waals surface area (Å²) in [5, 5.41) is 11.8. The highest BCUT2D eigenvalue weighted by Crippen LogP contribution is 2.42. The van der Waals surface area contributed by atoms with Gasteiger partial charge in [0.2, 0.25) is 0 Å². The van der Waals surface area contributed by atoms with Gasteiger partial charge in [0.05, 0.1) is 25.3 Å². The maximum atomic E-state index is 13.3. The van der Waals surface area contributed by atoms with E-state index in [-0.39, 0.29) is 17.9 Å². The topological polar surface area (TPSA) is 85.3 Å². The maximum Gasteiger partial charge on any atom is 0.295 e. The Balaban J connectivity index is 1.63. The van der Waals surface area contributed by atoms with Crippen LogP contribution in [0.25, 0.3) is 5.76 Å². The van der Waals surface area contributed by atoms with Crippen LogP contribution in [0.5, 0.6) is 17.2 Å². The van der Waals surface area contributed by atoms with Crippen molar-refractivity contribution in [2.24, 2.45) is 0 Å². The van der Waals surface area contributed by atoms with Gasteiger partial charge in [-0.15, -0.1) is 0 Å². The second-order valence-corrected chi connectivity index (χ2v) is 8.59. The number of nitrogens with zero attached hydrogens (tertiary/aromatic N) is 1. The molecule has 1 atom stereocenters. The molecule has 1 amide bonds. The van der Waals surface area contributed by atoms with Crippen LogP contribution in [0.2, 0.25) is 5.02 Å². The van der Waals surface area contributed by atoms with Crippen LogP contribution in [0.3, 0.4) is 0 Å². The van der Waals surface area contributed by atoms with Crippen LogP contribution in [0.15, 0.2) is 72.3 Å². The van der Waals surface area contributed by atoms with E-state index in [4.69, 9.17) is 25.8 Å². The molecule has 0 saturated carbocycles. The Hall–Kier alpha value is -3.97. The van der Waals surface area contributed by atoms with Gasteiger partial charge in [-0.3, -0.25) is 9.59 Å². The zero-order valence-electron chi connectivity index (χ0n) is 18.9. The summed E-state index contributed by atoms with van der Waals surface area (Å²) < 4.78 is 16.6. The van der Waals surface area contributed by atoms with E-state index in [1.807, 2.05) is 18.2 Å². The van der Waals surface area contributed by atoms with Crippen LogP contribution in [-0.2, 0) is 16.1 Å². The standard InChI is InChI=1S/C27H22ClNO6/c1-33-20-5-3-2-4-18(20)15-29-24(16-6-9-19(28)10-7-16)23(26(31)27(29)32)25(30)17-8-11-21-22(14-17)35-13-12-34-21/h2-11,14,24,30H,12-13,15H2,1H3/b25-23-. The third kappa shape index (κ3) is 4.19. The number of ketones is 1. The summed E-state index contributed by atoms with van der Waals surface area (Å²) in [6.45, 7) is 0.925. The lowest BCUT2D eigenvalue weighted by Crippen LogP contribution is -2.29. The van der Waals surface area contributed by atoms with Crippen molar-refractivity contribution in [3.8, 4) is 17.2 Å². The number of carbonyl (C=O) groups excluding carboxylic acids is 2. The van der Waals surface area contributed by atoms with Crippen LogP contribution in [0, 0.1) is 0 Å². The number of benzene rings is 3. The lowest BCUT2D eigenvalue weighted by atomic mass is 9.95. The van der Waals surface area contributed by atoms with Gasteiger partial charge in [-0.2, -0.15) is 0 Å². The molecule has 2 aliphatic rings. The van der Waals surface area contributed by atoms with Gasteiger partial charge in [0, 0.05) is 16.1 Å². The number of hydrogen-bond acceptors (Lipinski definition) is 6. The molecule has 1 saturated heterocycles. The van der Waals surface area contributed by atoms with Crippen molar-refractivity contribution in [2.45, 2.75) is 12.6 Å². The summed E-state index contributed by atoms with van der Waals surface area (Å²) in [5.74, 6) is -0.161. The highest BCUT2D eigenvalue weighted by Gasteiger charge is 2.46. The third-order valence-electron chi connectivity index (χ3n) is 6.07. The van der Waals surface area contributed by atoms with Gasteiger partial charge in [-0.05, 0) is 42.0 Å². The SMILES string of the molecule is COc1ccccc1CN1C(=O)C(=O)/C(=C(\O)c2ccc3c(c2)OCCO3)C1c1ccc(Cl)cc1. The minimum absolute atomic E-state index is 0.0103.